The molecule has 1 N–H and O–H groups in total. The van der Waals surface area contributed by atoms with E-state index in [-0.39, 0.29) is 18.8 Å². The molecule has 160 valence electrons. The number of anilines is 1. The number of carbonyl (C=O) groups excluding carboxylic acids is 1. The Morgan fingerprint density at radius 1 is 1.20 bits per heavy atom. The second kappa shape index (κ2) is 9.08. The number of fused-ring (bicyclic) bond motifs is 1. The van der Waals surface area contributed by atoms with Gasteiger partial charge in [-0.25, -0.2) is 0 Å². The largest absolute Gasteiger partial charge is 0.573 e. The fraction of sp³-hybridized carbons (Fsp3) is 0.286. The SMILES string of the molecule is COc1cc2c(cc1OCCO)N(/C=C/C(=O)c1ccccc1OC(F)(F)F)CC2. The van der Waals surface area contributed by atoms with Crippen LogP contribution in [0.25, 0.3) is 0 Å². The molecule has 0 saturated heterocycles. The van der Waals surface area contributed by atoms with Gasteiger partial charge in [-0.05, 0) is 30.2 Å². The first-order valence-electron chi connectivity index (χ1n) is 9.11. The first-order valence-corrected chi connectivity index (χ1v) is 9.11. The average Bonchev–Trinajstić information content (AvgIpc) is 3.10. The average molecular weight is 423 g/mol. The van der Waals surface area contributed by atoms with E-state index in [1.54, 1.807) is 11.0 Å². The van der Waals surface area contributed by atoms with Gasteiger partial charge in [0, 0.05) is 30.6 Å². The summed E-state index contributed by atoms with van der Waals surface area (Å²) < 4.78 is 52.5. The van der Waals surface area contributed by atoms with Gasteiger partial charge in [0.1, 0.15) is 12.4 Å². The minimum atomic E-state index is -4.89. The van der Waals surface area contributed by atoms with Crippen molar-refractivity contribution in [2.45, 2.75) is 12.8 Å². The maximum absolute atomic E-state index is 12.6. The summed E-state index contributed by atoms with van der Waals surface area (Å²) in [4.78, 5) is 14.3. The molecular formula is C21H20F3NO5. The Labute approximate surface area is 171 Å². The number of nitrogens with zero attached hydrogens (tertiary/aromatic N) is 1. The van der Waals surface area contributed by atoms with Crippen molar-refractivity contribution < 1.29 is 37.3 Å². The Balaban J connectivity index is 1.82. The molecule has 1 aliphatic rings. The van der Waals surface area contributed by atoms with Gasteiger partial charge < -0.3 is 24.2 Å². The Kier molecular flexibility index (Phi) is 6.51. The third kappa shape index (κ3) is 5.04. The van der Waals surface area contributed by atoms with Crippen LogP contribution in [0.5, 0.6) is 17.2 Å². The molecule has 1 aliphatic heterocycles. The van der Waals surface area contributed by atoms with Gasteiger partial charge in [0.2, 0.25) is 0 Å². The minimum Gasteiger partial charge on any atom is -0.493 e. The molecule has 0 amide bonds. The van der Waals surface area contributed by atoms with Gasteiger partial charge in [-0.3, -0.25) is 4.79 Å². The summed E-state index contributed by atoms with van der Waals surface area (Å²) in [7, 11) is 1.51. The van der Waals surface area contributed by atoms with Gasteiger partial charge in [0.25, 0.3) is 0 Å². The summed E-state index contributed by atoms with van der Waals surface area (Å²) in [6.45, 7) is 0.518. The Morgan fingerprint density at radius 3 is 2.67 bits per heavy atom. The summed E-state index contributed by atoms with van der Waals surface area (Å²) >= 11 is 0. The van der Waals surface area contributed by atoms with Crippen molar-refractivity contribution in [2.75, 3.05) is 31.8 Å². The van der Waals surface area contributed by atoms with Crippen molar-refractivity contribution in [2.24, 2.45) is 0 Å². The van der Waals surface area contributed by atoms with E-state index >= 15 is 0 Å². The van der Waals surface area contributed by atoms with Crippen molar-refractivity contribution in [3.05, 3.63) is 59.8 Å². The fourth-order valence-electron chi connectivity index (χ4n) is 3.13. The molecule has 0 fully saturated rings. The van der Waals surface area contributed by atoms with Crippen LogP contribution in [-0.4, -0.2) is 44.1 Å². The van der Waals surface area contributed by atoms with E-state index in [1.165, 1.54) is 37.6 Å². The summed E-state index contributed by atoms with van der Waals surface area (Å²) in [6.07, 6.45) is -1.48. The lowest BCUT2D eigenvalue weighted by atomic mass is 10.1. The van der Waals surface area contributed by atoms with Crippen LogP contribution in [0.3, 0.4) is 0 Å². The van der Waals surface area contributed by atoms with Crippen LogP contribution in [0.2, 0.25) is 0 Å². The highest BCUT2D eigenvalue weighted by Crippen LogP contribution is 2.39. The number of methoxy groups -OCH3 is 1. The van der Waals surface area contributed by atoms with Crippen LogP contribution in [-0.2, 0) is 6.42 Å². The number of ketones is 1. The lowest BCUT2D eigenvalue weighted by Crippen LogP contribution is -2.19. The molecule has 30 heavy (non-hydrogen) atoms. The molecule has 6 nitrogen and oxygen atoms in total. The number of hydrogen-bond donors (Lipinski definition) is 1. The molecule has 0 aliphatic carbocycles. The molecule has 0 atom stereocenters. The molecule has 3 rings (SSSR count). The highest BCUT2D eigenvalue weighted by atomic mass is 19.4. The van der Waals surface area contributed by atoms with Gasteiger partial charge in [-0.2, -0.15) is 0 Å². The van der Waals surface area contributed by atoms with Crippen molar-refractivity contribution >= 4 is 11.5 Å². The smallest absolute Gasteiger partial charge is 0.493 e. The number of hydrogen-bond acceptors (Lipinski definition) is 6. The second-order valence-corrected chi connectivity index (χ2v) is 6.37. The molecule has 0 radical (unpaired) electrons. The number of aliphatic hydroxyl groups excluding tert-OH is 1. The highest BCUT2D eigenvalue weighted by molar-refractivity contribution is 6.06. The Bertz CT molecular complexity index is 943. The first kappa shape index (κ1) is 21.5. The fourth-order valence-corrected chi connectivity index (χ4v) is 3.13. The number of allylic oxidation sites excluding steroid dienone is 1. The molecule has 2 aromatic carbocycles. The van der Waals surface area contributed by atoms with Crippen LogP contribution in [0.4, 0.5) is 18.9 Å². The summed E-state index contributed by atoms with van der Waals surface area (Å²) in [5, 5.41) is 8.98. The van der Waals surface area contributed by atoms with E-state index in [0.717, 1.165) is 17.3 Å². The van der Waals surface area contributed by atoms with Crippen molar-refractivity contribution in [1.82, 2.24) is 0 Å². The molecule has 0 aromatic heterocycles. The second-order valence-electron chi connectivity index (χ2n) is 6.37. The van der Waals surface area contributed by atoms with Crippen LogP contribution in [0, 0.1) is 0 Å². The molecule has 2 aromatic rings. The van der Waals surface area contributed by atoms with Crippen molar-refractivity contribution in [3.8, 4) is 17.2 Å². The minimum absolute atomic E-state index is 0.0967. The Hall–Kier alpha value is -3.20. The third-order valence-electron chi connectivity index (χ3n) is 4.43. The lowest BCUT2D eigenvalue weighted by Gasteiger charge is -2.17. The highest BCUT2D eigenvalue weighted by Gasteiger charge is 2.32. The number of aliphatic hydroxyl groups is 1. The van der Waals surface area contributed by atoms with E-state index < -0.39 is 17.9 Å². The molecule has 0 unspecified atom stereocenters. The predicted octanol–water partition coefficient (Wildman–Crippen LogP) is 3.72. The van der Waals surface area contributed by atoms with Crippen LogP contribution >= 0.6 is 0 Å². The number of para-hydroxylation sites is 1. The molecule has 0 saturated carbocycles. The maximum atomic E-state index is 12.6. The molecule has 0 bridgehead atoms. The zero-order chi connectivity index (χ0) is 21.7. The van der Waals surface area contributed by atoms with E-state index in [9.17, 15) is 18.0 Å². The number of benzene rings is 2. The molecule has 1 heterocycles. The zero-order valence-corrected chi connectivity index (χ0v) is 16.1. The van der Waals surface area contributed by atoms with Gasteiger partial charge in [0.15, 0.2) is 17.3 Å². The van der Waals surface area contributed by atoms with E-state index in [1.807, 2.05) is 6.07 Å². The number of carbonyl (C=O) groups is 1. The van der Waals surface area contributed by atoms with Gasteiger partial charge in [-0.1, -0.05) is 12.1 Å². The molecular weight excluding hydrogens is 403 g/mol. The van der Waals surface area contributed by atoms with E-state index in [4.69, 9.17) is 14.6 Å². The molecule has 9 heteroatoms. The number of rotatable bonds is 8. The summed E-state index contributed by atoms with van der Waals surface area (Å²) in [6, 6.07) is 8.76. The zero-order valence-electron chi connectivity index (χ0n) is 16.1. The molecule has 0 spiro atoms. The standard InChI is InChI=1S/C21H20F3NO5/c1-28-19-12-14-6-8-25(16(14)13-20(19)29-11-10-26)9-7-17(27)15-4-2-3-5-18(15)30-21(22,23)24/h2-5,7,9,12-13,26H,6,8,10-11H2,1H3/b9-7+. The van der Waals surface area contributed by atoms with Gasteiger partial charge in [-0.15, -0.1) is 13.2 Å². The summed E-state index contributed by atoms with van der Waals surface area (Å²) in [5.41, 5.74) is 1.57. The van der Waals surface area contributed by atoms with Crippen LogP contribution in [0.1, 0.15) is 15.9 Å². The van der Waals surface area contributed by atoms with Gasteiger partial charge in [0.05, 0.1) is 19.3 Å². The third-order valence-corrected chi connectivity index (χ3v) is 4.43. The van der Waals surface area contributed by atoms with Crippen molar-refractivity contribution in [3.63, 3.8) is 0 Å². The van der Waals surface area contributed by atoms with E-state index in [2.05, 4.69) is 4.74 Å². The predicted molar refractivity (Wildman–Crippen MR) is 103 cm³/mol. The van der Waals surface area contributed by atoms with Crippen molar-refractivity contribution in [1.29, 1.82) is 0 Å². The van der Waals surface area contributed by atoms with Crippen LogP contribution in [0.15, 0.2) is 48.7 Å². The maximum Gasteiger partial charge on any atom is 0.573 e. The topological polar surface area (TPSA) is 68.2 Å². The Morgan fingerprint density at radius 2 is 1.97 bits per heavy atom. The first-order chi connectivity index (χ1) is 14.3. The normalized spacial score (nSPS) is 13.4. The number of halogens is 3. The number of ether oxygens (including phenoxy) is 3. The quantitative estimate of drug-likeness (QED) is 0.516. The summed E-state index contributed by atoms with van der Waals surface area (Å²) in [5.74, 6) is -0.192. The van der Waals surface area contributed by atoms with Gasteiger partial charge >= 0.3 is 6.36 Å². The van der Waals surface area contributed by atoms with Crippen LogP contribution < -0.4 is 19.1 Å². The monoisotopic (exact) mass is 423 g/mol. The lowest BCUT2D eigenvalue weighted by molar-refractivity contribution is -0.274. The number of alkyl halides is 3. The van der Waals surface area contributed by atoms with E-state index in [0.29, 0.717) is 24.5 Å².